The summed E-state index contributed by atoms with van der Waals surface area (Å²) in [4.78, 5) is 0. The third kappa shape index (κ3) is 2.24. The Hall–Kier alpha value is -0.200. The molecule has 0 radical (unpaired) electrons. The molecule has 0 spiro atoms. The van der Waals surface area contributed by atoms with E-state index in [0.29, 0.717) is 6.61 Å². The Labute approximate surface area is 83.3 Å². The molecule has 0 aromatic rings. The third-order valence-electron chi connectivity index (χ3n) is 2.56. The van der Waals surface area contributed by atoms with Crippen LogP contribution in [0.3, 0.4) is 0 Å². The van der Waals surface area contributed by atoms with Crippen LogP contribution in [0.25, 0.3) is 0 Å². The fraction of sp³-hybridized carbons (Fsp3) is 1.00. The first-order valence-corrected chi connectivity index (χ1v) is 4.85. The Morgan fingerprint density at radius 3 is 2.43 bits per heavy atom. The number of aliphatic hydroxyl groups excluding tert-OH is 3. The van der Waals surface area contributed by atoms with E-state index in [-0.39, 0.29) is 12.5 Å². The van der Waals surface area contributed by atoms with Crippen LogP contribution in [0.4, 0.5) is 0 Å². The molecule has 3 N–H and O–H groups in total. The number of hydrogen-bond acceptors (Lipinski definition) is 5. The lowest BCUT2D eigenvalue weighted by Crippen LogP contribution is -2.55. The summed E-state index contributed by atoms with van der Waals surface area (Å²) in [5.74, 6) is -0.363. The minimum atomic E-state index is -0.855. The van der Waals surface area contributed by atoms with Crippen molar-refractivity contribution < 1.29 is 24.8 Å². The van der Waals surface area contributed by atoms with E-state index in [9.17, 15) is 10.2 Å². The zero-order valence-electron chi connectivity index (χ0n) is 8.46. The van der Waals surface area contributed by atoms with Crippen LogP contribution in [-0.2, 0) is 9.47 Å². The van der Waals surface area contributed by atoms with Crippen LogP contribution in [-0.4, -0.2) is 53.1 Å². The molecule has 5 nitrogen and oxygen atoms in total. The van der Waals surface area contributed by atoms with Crippen molar-refractivity contribution in [3.8, 4) is 0 Å². The first-order valence-electron chi connectivity index (χ1n) is 4.85. The summed E-state index contributed by atoms with van der Waals surface area (Å²) in [6.45, 7) is 3.64. The maximum atomic E-state index is 9.66. The highest BCUT2D eigenvalue weighted by molar-refractivity contribution is 4.86. The van der Waals surface area contributed by atoms with Crippen molar-refractivity contribution in [1.29, 1.82) is 0 Å². The van der Waals surface area contributed by atoms with E-state index in [0.717, 1.165) is 0 Å². The Kier molecular flexibility index (Phi) is 4.28. The average molecular weight is 206 g/mol. The van der Waals surface area contributed by atoms with Crippen LogP contribution in [0.2, 0.25) is 0 Å². The second-order valence-corrected chi connectivity index (χ2v) is 3.52. The Bertz CT molecular complexity index is 171. The van der Waals surface area contributed by atoms with E-state index in [1.807, 2.05) is 0 Å². The first kappa shape index (κ1) is 11.9. The molecule has 14 heavy (non-hydrogen) atoms. The van der Waals surface area contributed by atoms with Gasteiger partial charge in [0.15, 0.2) is 6.29 Å². The summed E-state index contributed by atoms with van der Waals surface area (Å²) in [6, 6.07) is 0. The molecular formula is C9H18O5. The van der Waals surface area contributed by atoms with Crippen LogP contribution in [0.15, 0.2) is 0 Å². The fourth-order valence-electron chi connectivity index (χ4n) is 1.57. The Morgan fingerprint density at radius 1 is 1.29 bits per heavy atom. The maximum Gasteiger partial charge on any atom is 0.184 e. The zero-order valence-corrected chi connectivity index (χ0v) is 8.46. The molecule has 0 bridgehead atoms. The van der Waals surface area contributed by atoms with Gasteiger partial charge in [0.05, 0.1) is 12.7 Å². The SMILES string of the molecule is CCOC1OC(CO)C(O)C(C)C1O. The summed E-state index contributed by atoms with van der Waals surface area (Å²) in [5.41, 5.74) is 0. The lowest BCUT2D eigenvalue weighted by Gasteiger charge is -2.40. The topological polar surface area (TPSA) is 79.2 Å². The molecule has 1 aliphatic rings. The van der Waals surface area contributed by atoms with E-state index in [2.05, 4.69) is 0 Å². The zero-order chi connectivity index (χ0) is 10.7. The van der Waals surface area contributed by atoms with Gasteiger partial charge in [-0.25, -0.2) is 0 Å². The minimum Gasteiger partial charge on any atom is -0.394 e. The van der Waals surface area contributed by atoms with Crippen LogP contribution in [0.1, 0.15) is 13.8 Å². The van der Waals surface area contributed by atoms with Crippen molar-refractivity contribution in [2.75, 3.05) is 13.2 Å². The van der Waals surface area contributed by atoms with Crippen LogP contribution >= 0.6 is 0 Å². The first-order chi connectivity index (χ1) is 6.61. The molecule has 0 aliphatic carbocycles. The average Bonchev–Trinajstić information content (AvgIpc) is 2.19. The Morgan fingerprint density at radius 2 is 1.93 bits per heavy atom. The highest BCUT2D eigenvalue weighted by Crippen LogP contribution is 2.26. The molecule has 5 atom stereocenters. The minimum absolute atomic E-state index is 0.276. The lowest BCUT2D eigenvalue weighted by molar-refractivity contribution is -0.286. The normalized spacial score (nSPS) is 43.9. The monoisotopic (exact) mass is 206 g/mol. The third-order valence-corrected chi connectivity index (χ3v) is 2.56. The molecule has 5 unspecified atom stereocenters. The van der Waals surface area contributed by atoms with E-state index < -0.39 is 24.6 Å². The van der Waals surface area contributed by atoms with Gasteiger partial charge in [-0.1, -0.05) is 6.92 Å². The molecule has 1 heterocycles. The highest BCUT2D eigenvalue weighted by Gasteiger charge is 2.42. The summed E-state index contributed by atoms with van der Waals surface area (Å²) < 4.78 is 10.4. The van der Waals surface area contributed by atoms with Crippen LogP contribution in [0, 0.1) is 5.92 Å². The molecule has 0 aromatic heterocycles. The van der Waals surface area contributed by atoms with Crippen LogP contribution in [0.5, 0.6) is 0 Å². The fourth-order valence-corrected chi connectivity index (χ4v) is 1.57. The smallest absolute Gasteiger partial charge is 0.184 e. The van der Waals surface area contributed by atoms with Crippen molar-refractivity contribution in [1.82, 2.24) is 0 Å². The summed E-state index contributed by atoms with van der Waals surface area (Å²) in [6.07, 6.45) is -3.14. The van der Waals surface area contributed by atoms with Gasteiger partial charge in [0.25, 0.3) is 0 Å². The van der Waals surface area contributed by atoms with E-state index in [1.165, 1.54) is 0 Å². The highest BCUT2D eigenvalue weighted by atomic mass is 16.7. The van der Waals surface area contributed by atoms with Crippen molar-refractivity contribution in [3.05, 3.63) is 0 Å². The van der Waals surface area contributed by atoms with E-state index >= 15 is 0 Å². The van der Waals surface area contributed by atoms with Gasteiger partial charge in [-0.2, -0.15) is 0 Å². The van der Waals surface area contributed by atoms with Crippen LogP contribution < -0.4 is 0 Å². The van der Waals surface area contributed by atoms with Crippen molar-refractivity contribution in [3.63, 3.8) is 0 Å². The molecule has 0 saturated carbocycles. The summed E-state index contributed by atoms with van der Waals surface area (Å²) in [5, 5.41) is 28.2. The van der Waals surface area contributed by atoms with Crippen molar-refractivity contribution in [2.24, 2.45) is 5.92 Å². The molecule has 84 valence electrons. The van der Waals surface area contributed by atoms with Gasteiger partial charge >= 0.3 is 0 Å². The van der Waals surface area contributed by atoms with Gasteiger partial charge in [-0.3, -0.25) is 0 Å². The number of hydrogen-bond donors (Lipinski definition) is 3. The number of rotatable bonds is 3. The van der Waals surface area contributed by atoms with Crippen molar-refractivity contribution in [2.45, 2.75) is 38.4 Å². The number of ether oxygens (including phenoxy) is 2. The molecule has 1 fully saturated rings. The van der Waals surface area contributed by atoms with E-state index in [1.54, 1.807) is 13.8 Å². The van der Waals surface area contributed by atoms with Crippen molar-refractivity contribution >= 4 is 0 Å². The molecule has 1 rings (SSSR count). The molecule has 5 heteroatoms. The summed E-state index contributed by atoms with van der Waals surface area (Å²) >= 11 is 0. The molecule has 1 saturated heterocycles. The van der Waals surface area contributed by atoms with Gasteiger partial charge in [0.2, 0.25) is 0 Å². The Balaban J connectivity index is 2.63. The molecule has 0 aromatic carbocycles. The van der Waals surface area contributed by atoms with E-state index in [4.69, 9.17) is 14.6 Å². The molecule has 1 aliphatic heterocycles. The molecule has 0 amide bonds. The lowest BCUT2D eigenvalue weighted by atomic mass is 9.91. The van der Waals surface area contributed by atoms with Gasteiger partial charge in [-0.15, -0.1) is 0 Å². The second-order valence-electron chi connectivity index (χ2n) is 3.52. The predicted molar refractivity (Wildman–Crippen MR) is 48.6 cm³/mol. The summed E-state index contributed by atoms with van der Waals surface area (Å²) in [7, 11) is 0. The largest absolute Gasteiger partial charge is 0.394 e. The number of aliphatic hydroxyl groups is 3. The van der Waals surface area contributed by atoms with Gasteiger partial charge in [0.1, 0.15) is 12.2 Å². The van der Waals surface area contributed by atoms with Gasteiger partial charge in [0, 0.05) is 12.5 Å². The molecular weight excluding hydrogens is 188 g/mol. The second kappa shape index (κ2) is 5.04. The predicted octanol–water partition coefficient (Wildman–Crippen LogP) is -0.902. The maximum absolute atomic E-state index is 9.66. The quantitative estimate of drug-likeness (QED) is 0.557. The van der Waals surface area contributed by atoms with Gasteiger partial charge < -0.3 is 24.8 Å². The van der Waals surface area contributed by atoms with Gasteiger partial charge in [-0.05, 0) is 6.92 Å². The standard InChI is InChI=1S/C9H18O5/c1-3-13-9-8(12)5(2)7(11)6(4-10)14-9/h5-12H,3-4H2,1-2H3.